The average Bonchev–Trinajstić information content (AvgIpc) is 2.33. The smallest absolute Gasteiger partial charge is 0.269 e. The van der Waals surface area contributed by atoms with Gasteiger partial charge in [-0.15, -0.1) is 0 Å². The van der Waals surface area contributed by atoms with E-state index in [4.69, 9.17) is 0 Å². The lowest BCUT2D eigenvalue weighted by Gasteiger charge is -2.43. The number of aliphatic hydroxyl groups excluding tert-OH is 1. The van der Waals surface area contributed by atoms with Crippen LogP contribution in [-0.2, 0) is 0 Å². The summed E-state index contributed by atoms with van der Waals surface area (Å²) in [4.78, 5) is 10.2. The molecule has 0 saturated heterocycles. The van der Waals surface area contributed by atoms with Crippen molar-refractivity contribution in [3.05, 3.63) is 39.9 Å². The van der Waals surface area contributed by atoms with Crippen molar-refractivity contribution in [2.24, 2.45) is 0 Å². The monoisotopic (exact) mass is 250 g/mol. The first-order valence-corrected chi connectivity index (χ1v) is 6.19. The molecular formula is C13H18N2O3. The lowest BCUT2D eigenvalue weighted by molar-refractivity contribution is -0.384. The molecule has 1 aliphatic carbocycles. The summed E-state index contributed by atoms with van der Waals surface area (Å²) in [5, 5.41) is 23.4. The fraction of sp³-hybridized carbons (Fsp3) is 0.538. The number of hydrogen-bond acceptors (Lipinski definition) is 4. The van der Waals surface area contributed by atoms with E-state index in [1.807, 2.05) is 6.92 Å². The summed E-state index contributed by atoms with van der Waals surface area (Å²) in [6.45, 7) is 2.15. The van der Waals surface area contributed by atoms with Crippen LogP contribution in [-0.4, -0.2) is 22.2 Å². The van der Waals surface area contributed by atoms with Crippen LogP contribution in [0.3, 0.4) is 0 Å². The van der Waals surface area contributed by atoms with Gasteiger partial charge in [0.25, 0.3) is 5.69 Å². The summed E-state index contributed by atoms with van der Waals surface area (Å²) in [6.07, 6.45) is 3.11. The molecule has 0 heterocycles. The van der Waals surface area contributed by atoms with Gasteiger partial charge in [-0.3, -0.25) is 10.1 Å². The van der Waals surface area contributed by atoms with Crippen LogP contribution in [0.4, 0.5) is 5.69 Å². The highest BCUT2D eigenvalue weighted by Crippen LogP contribution is 2.33. The van der Waals surface area contributed by atoms with Crippen LogP contribution in [0.15, 0.2) is 24.3 Å². The molecule has 98 valence electrons. The van der Waals surface area contributed by atoms with Gasteiger partial charge in [-0.2, -0.15) is 0 Å². The third-order valence-electron chi connectivity index (χ3n) is 3.74. The zero-order valence-corrected chi connectivity index (χ0v) is 10.4. The lowest BCUT2D eigenvalue weighted by atomic mass is 9.76. The number of non-ortho nitro benzene ring substituents is 1. The number of nitrogens with zero attached hydrogens (tertiary/aromatic N) is 1. The summed E-state index contributed by atoms with van der Waals surface area (Å²) in [5.41, 5.74) is 0.952. The Hall–Kier alpha value is -1.46. The highest BCUT2D eigenvalue weighted by atomic mass is 16.6. The Kier molecular flexibility index (Phi) is 3.63. The standard InChI is InChI=1S/C13H18N2O3/c1-10(14-13(9-16)7-2-8-13)11-3-5-12(6-4-11)15(17)18/h3-6,10,14,16H,2,7-9H2,1H3. The first kappa shape index (κ1) is 13.0. The predicted octanol–water partition coefficient (Wildman–Crippen LogP) is 2.16. The zero-order valence-electron chi connectivity index (χ0n) is 10.4. The van der Waals surface area contributed by atoms with Crippen LogP contribution in [0.25, 0.3) is 0 Å². The Labute approximate surface area is 106 Å². The van der Waals surface area contributed by atoms with E-state index in [2.05, 4.69) is 5.32 Å². The van der Waals surface area contributed by atoms with Crippen molar-refractivity contribution >= 4 is 5.69 Å². The summed E-state index contributed by atoms with van der Waals surface area (Å²) >= 11 is 0. The number of benzene rings is 1. The Morgan fingerprint density at radius 3 is 2.44 bits per heavy atom. The van der Waals surface area contributed by atoms with E-state index >= 15 is 0 Å². The maximum Gasteiger partial charge on any atom is 0.269 e. The molecule has 0 radical (unpaired) electrons. The van der Waals surface area contributed by atoms with Gasteiger partial charge in [-0.05, 0) is 31.7 Å². The number of nitrogens with one attached hydrogen (secondary N) is 1. The molecule has 1 aliphatic rings. The molecule has 18 heavy (non-hydrogen) atoms. The second kappa shape index (κ2) is 5.04. The zero-order chi connectivity index (χ0) is 13.2. The van der Waals surface area contributed by atoms with Crippen LogP contribution >= 0.6 is 0 Å². The molecule has 1 aromatic rings. The summed E-state index contributed by atoms with van der Waals surface area (Å²) in [5.74, 6) is 0. The molecule has 1 fully saturated rings. The van der Waals surface area contributed by atoms with Crippen molar-refractivity contribution in [1.82, 2.24) is 5.32 Å². The first-order valence-electron chi connectivity index (χ1n) is 6.19. The van der Waals surface area contributed by atoms with Gasteiger partial charge in [0, 0.05) is 23.7 Å². The minimum Gasteiger partial charge on any atom is -0.394 e. The maximum atomic E-state index is 10.6. The second-order valence-corrected chi connectivity index (χ2v) is 5.01. The summed E-state index contributed by atoms with van der Waals surface area (Å²) in [6, 6.07) is 6.64. The van der Waals surface area contributed by atoms with Crippen LogP contribution in [0.2, 0.25) is 0 Å². The highest BCUT2D eigenvalue weighted by molar-refractivity contribution is 5.34. The van der Waals surface area contributed by atoms with Crippen LogP contribution < -0.4 is 5.32 Å². The van der Waals surface area contributed by atoms with Crippen molar-refractivity contribution < 1.29 is 10.0 Å². The summed E-state index contributed by atoms with van der Waals surface area (Å²) in [7, 11) is 0. The van der Waals surface area contributed by atoms with E-state index in [0.717, 1.165) is 24.8 Å². The van der Waals surface area contributed by atoms with Crippen LogP contribution in [0.5, 0.6) is 0 Å². The first-order chi connectivity index (χ1) is 8.56. The lowest BCUT2D eigenvalue weighted by Crippen LogP contribution is -2.54. The molecule has 1 atom stereocenters. The van der Waals surface area contributed by atoms with Gasteiger partial charge in [0.1, 0.15) is 0 Å². The number of nitro groups is 1. The Bertz CT molecular complexity index is 421. The molecule has 1 aromatic carbocycles. The Morgan fingerprint density at radius 1 is 1.44 bits per heavy atom. The topological polar surface area (TPSA) is 75.4 Å². The van der Waals surface area contributed by atoms with Gasteiger partial charge in [-0.1, -0.05) is 12.1 Å². The molecule has 0 bridgehead atoms. The van der Waals surface area contributed by atoms with Crippen molar-refractivity contribution in [3.8, 4) is 0 Å². The Balaban J connectivity index is 2.04. The number of rotatable bonds is 5. The second-order valence-electron chi connectivity index (χ2n) is 5.01. The van der Waals surface area contributed by atoms with Crippen LogP contribution in [0, 0.1) is 10.1 Å². The summed E-state index contributed by atoms with van der Waals surface area (Å²) < 4.78 is 0. The Morgan fingerprint density at radius 2 is 2.06 bits per heavy atom. The molecule has 0 aromatic heterocycles. The average molecular weight is 250 g/mol. The third kappa shape index (κ3) is 2.52. The van der Waals surface area contributed by atoms with E-state index in [9.17, 15) is 15.2 Å². The fourth-order valence-corrected chi connectivity index (χ4v) is 2.38. The molecule has 1 saturated carbocycles. The third-order valence-corrected chi connectivity index (χ3v) is 3.74. The van der Waals surface area contributed by atoms with Crippen molar-refractivity contribution in [2.45, 2.75) is 37.8 Å². The largest absolute Gasteiger partial charge is 0.394 e. The number of nitro benzene ring substituents is 1. The van der Waals surface area contributed by atoms with Gasteiger partial charge < -0.3 is 10.4 Å². The van der Waals surface area contributed by atoms with Gasteiger partial charge in [-0.25, -0.2) is 0 Å². The predicted molar refractivity (Wildman–Crippen MR) is 68.3 cm³/mol. The van der Waals surface area contributed by atoms with Gasteiger partial charge in [0.2, 0.25) is 0 Å². The fourth-order valence-electron chi connectivity index (χ4n) is 2.38. The number of aliphatic hydroxyl groups is 1. The number of hydrogen-bond donors (Lipinski definition) is 2. The molecular weight excluding hydrogens is 232 g/mol. The van der Waals surface area contributed by atoms with Gasteiger partial charge in [0.15, 0.2) is 0 Å². The van der Waals surface area contributed by atoms with E-state index in [1.165, 1.54) is 12.1 Å². The molecule has 2 rings (SSSR count). The van der Waals surface area contributed by atoms with Crippen LogP contribution in [0.1, 0.15) is 37.8 Å². The van der Waals surface area contributed by atoms with Crippen molar-refractivity contribution in [3.63, 3.8) is 0 Å². The maximum absolute atomic E-state index is 10.6. The van der Waals surface area contributed by atoms with E-state index in [-0.39, 0.29) is 23.9 Å². The molecule has 1 unspecified atom stereocenters. The molecule has 0 amide bonds. The molecule has 5 nitrogen and oxygen atoms in total. The van der Waals surface area contributed by atoms with Gasteiger partial charge >= 0.3 is 0 Å². The SMILES string of the molecule is CC(NC1(CO)CCC1)c1ccc([N+](=O)[O-])cc1. The van der Waals surface area contributed by atoms with E-state index < -0.39 is 4.92 Å². The molecule has 0 aliphatic heterocycles. The molecule has 0 spiro atoms. The van der Waals surface area contributed by atoms with Gasteiger partial charge in [0.05, 0.1) is 11.5 Å². The van der Waals surface area contributed by atoms with Crippen molar-refractivity contribution in [1.29, 1.82) is 0 Å². The molecule has 2 N–H and O–H groups in total. The molecule has 5 heteroatoms. The van der Waals surface area contributed by atoms with E-state index in [0.29, 0.717) is 0 Å². The highest BCUT2D eigenvalue weighted by Gasteiger charge is 2.37. The minimum atomic E-state index is -0.400. The normalized spacial score (nSPS) is 19.0. The van der Waals surface area contributed by atoms with E-state index in [1.54, 1.807) is 12.1 Å². The van der Waals surface area contributed by atoms with Crippen molar-refractivity contribution in [2.75, 3.05) is 6.61 Å². The quantitative estimate of drug-likeness (QED) is 0.620. The minimum absolute atomic E-state index is 0.0817.